The fraction of sp³-hybridized carbons (Fsp3) is 0.545. The summed E-state index contributed by atoms with van der Waals surface area (Å²) in [6.45, 7) is 6.47. The van der Waals surface area contributed by atoms with Gasteiger partial charge in [-0.1, -0.05) is 11.6 Å². The van der Waals surface area contributed by atoms with Crippen molar-refractivity contribution in [3.8, 4) is 0 Å². The van der Waals surface area contributed by atoms with Crippen LogP contribution in [-0.4, -0.2) is 10.7 Å². The average Bonchev–Trinajstić information content (AvgIpc) is 2.55. The molecule has 1 aromatic carbocycles. The monoisotopic (exact) mass is 333 g/mol. The van der Waals surface area contributed by atoms with Crippen molar-refractivity contribution >= 4 is 22.4 Å². The van der Waals surface area contributed by atoms with Crippen molar-refractivity contribution in [1.82, 2.24) is 4.98 Å². The van der Waals surface area contributed by atoms with E-state index < -0.39 is 0 Å². The third-order valence-corrected chi connectivity index (χ3v) is 6.73. The number of hydrogen-bond acceptors (Lipinski definition) is 3. The van der Waals surface area contributed by atoms with Crippen LogP contribution in [0.1, 0.15) is 48.8 Å². The predicted molar refractivity (Wildman–Crippen MR) is 104 cm³/mol. The van der Waals surface area contributed by atoms with Crippen molar-refractivity contribution < 1.29 is 0 Å². The van der Waals surface area contributed by atoms with Crippen molar-refractivity contribution in [3.63, 3.8) is 0 Å². The van der Waals surface area contributed by atoms with Gasteiger partial charge < -0.3 is 0 Å². The highest BCUT2D eigenvalue weighted by atomic mass is 15.3. The SMILES string of the molecule is Cc1cc(C)c2nc(NN=C3C4CC5CC(C4)CC3C5)cc(C)c2c1. The zero-order valence-corrected chi connectivity index (χ0v) is 15.5. The molecule has 0 unspecified atom stereocenters. The summed E-state index contributed by atoms with van der Waals surface area (Å²) in [5, 5.41) is 6.15. The lowest BCUT2D eigenvalue weighted by Crippen LogP contribution is -2.45. The van der Waals surface area contributed by atoms with E-state index in [2.05, 4.69) is 44.4 Å². The highest BCUT2D eigenvalue weighted by Gasteiger charge is 2.46. The zero-order valence-electron chi connectivity index (χ0n) is 15.5. The van der Waals surface area contributed by atoms with Gasteiger partial charge in [0.25, 0.3) is 0 Å². The van der Waals surface area contributed by atoms with Crippen LogP contribution in [0.2, 0.25) is 0 Å². The molecule has 130 valence electrons. The summed E-state index contributed by atoms with van der Waals surface area (Å²) in [6.07, 6.45) is 6.97. The van der Waals surface area contributed by atoms with Crippen molar-refractivity contribution in [2.24, 2.45) is 28.8 Å². The van der Waals surface area contributed by atoms with E-state index >= 15 is 0 Å². The van der Waals surface area contributed by atoms with Gasteiger partial charge >= 0.3 is 0 Å². The molecule has 0 amide bonds. The van der Waals surface area contributed by atoms with Gasteiger partial charge in [0, 0.05) is 11.1 Å². The molecule has 1 N–H and O–H groups in total. The van der Waals surface area contributed by atoms with Gasteiger partial charge in [-0.15, -0.1) is 0 Å². The number of rotatable bonds is 2. The smallest absolute Gasteiger partial charge is 0.147 e. The largest absolute Gasteiger partial charge is 0.261 e. The molecule has 6 rings (SSSR count). The van der Waals surface area contributed by atoms with E-state index in [1.54, 1.807) is 0 Å². The second kappa shape index (κ2) is 5.55. The van der Waals surface area contributed by atoms with Crippen molar-refractivity contribution in [2.75, 3.05) is 5.43 Å². The number of pyridine rings is 1. The van der Waals surface area contributed by atoms with Crippen LogP contribution in [0.4, 0.5) is 5.82 Å². The van der Waals surface area contributed by atoms with Crippen LogP contribution < -0.4 is 5.43 Å². The number of hydrazone groups is 1. The lowest BCUT2D eigenvalue weighted by atomic mass is 9.55. The molecule has 3 nitrogen and oxygen atoms in total. The van der Waals surface area contributed by atoms with Gasteiger partial charge in [0.1, 0.15) is 5.82 Å². The number of nitrogens with zero attached hydrogens (tertiary/aromatic N) is 2. The number of fused-ring (bicyclic) bond motifs is 1. The van der Waals surface area contributed by atoms with Gasteiger partial charge in [-0.3, -0.25) is 5.43 Å². The van der Waals surface area contributed by atoms with Crippen LogP contribution in [-0.2, 0) is 0 Å². The Bertz CT molecular complexity index is 850. The van der Waals surface area contributed by atoms with E-state index in [-0.39, 0.29) is 0 Å². The Morgan fingerprint density at radius 3 is 2.24 bits per heavy atom. The minimum atomic E-state index is 0.731. The third-order valence-electron chi connectivity index (χ3n) is 6.73. The summed E-state index contributed by atoms with van der Waals surface area (Å²) in [5.74, 6) is 4.31. The van der Waals surface area contributed by atoms with Crippen LogP contribution in [0.5, 0.6) is 0 Å². The molecule has 4 bridgehead atoms. The highest BCUT2D eigenvalue weighted by Crippen LogP contribution is 2.52. The predicted octanol–water partition coefficient (Wildman–Crippen LogP) is 5.38. The Labute approximate surface area is 149 Å². The summed E-state index contributed by atoms with van der Waals surface area (Å²) in [6, 6.07) is 6.59. The number of anilines is 1. The second-order valence-electron chi connectivity index (χ2n) is 8.76. The maximum Gasteiger partial charge on any atom is 0.147 e. The third kappa shape index (κ3) is 2.56. The molecule has 0 spiro atoms. The highest BCUT2D eigenvalue weighted by molar-refractivity contribution is 5.91. The molecule has 4 fully saturated rings. The lowest BCUT2D eigenvalue weighted by molar-refractivity contribution is 0.108. The molecular weight excluding hydrogens is 306 g/mol. The summed E-state index contributed by atoms with van der Waals surface area (Å²) >= 11 is 0. The molecule has 2 aromatic rings. The number of aromatic nitrogens is 1. The Morgan fingerprint density at radius 1 is 0.880 bits per heavy atom. The van der Waals surface area contributed by atoms with Crippen LogP contribution in [0.3, 0.4) is 0 Å². The van der Waals surface area contributed by atoms with Crippen LogP contribution >= 0.6 is 0 Å². The normalized spacial score (nSPS) is 30.1. The first kappa shape index (κ1) is 15.4. The molecule has 1 aromatic heterocycles. The van der Waals surface area contributed by atoms with Gasteiger partial charge in [0.05, 0.1) is 5.52 Å². The van der Waals surface area contributed by atoms with E-state index in [0.717, 1.165) is 35.0 Å². The minimum absolute atomic E-state index is 0.731. The molecule has 0 atom stereocenters. The summed E-state index contributed by atoms with van der Waals surface area (Å²) in [4.78, 5) is 4.86. The first-order valence-electron chi connectivity index (χ1n) is 9.79. The Morgan fingerprint density at radius 2 is 1.56 bits per heavy atom. The fourth-order valence-electron chi connectivity index (χ4n) is 5.87. The van der Waals surface area contributed by atoms with E-state index in [1.807, 2.05) is 0 Å². The first-order valence-corrected chi connectivity index (χ1v) is 9.79. The maximum atomic E-state index is 4.89. The molecule has 4 saturated carbocycles. The summed E-state index contributed by atoms with van der Waals surface area (Å²) in [7, 11) is 0. The van der Waals surface area contributed by atoms with Crippen molar-refractivity contribution in [3.05, 3.63) is 34.9 Å². The molecule has 4 aliphatic carbocycles. The molecular formula is C22H27N3. The van der Waals surface area contributed by atoms with Crippen molar-refractivity contribution in [1.29, 1.82) is 0 Å². The van der Waals surface area contributed by atoms with Gasteiger partial charge in [0.15, 0.2) is 0 Å². The van der Waals surface area contributed by atoms with Gasteiger partial charge in [-0.2, -0.15) is 5.10 Å². The average molecular weight is 333 g/mol. The quantitative estimate of drug-likeness (QED) is 0.749. The number of benzene rings is 1. The standard InChI is InChI=1S/C22H27N3/c1-12-4-14(3)21-19(5-12)13(2)6-20(23-21)24-25-22-17-8-15-7-16(10-17)11-18(22)9-15/h4-6,15-18H,7-11H2,1-3H3,(H,23,24). The minimum Gasteiger partial charge on any atom is -0.261 e. The number of hydrogen-bond donors (Lipinski definition) is 1. The second-order valence-corrected chi connectivity index (χ2v) is 8.76. The molecule has 1 heterocycles. The Hall–Kier alpha value is -1.90. The fourth-order valence-corrected chi connectivity index (χ4v) is 5.87. The molecule has 25 heavy (non-hydrogen) atoms. The number of nitrogens with one attached hydrogen (secondary N) is 1. The molecule has 4 aliphatic rings. The van der Waals surface area contributed by atoms with Gasteiger partial charge in [0.2, 0.25) is 0 Å². The lowest BCUT2D eigenvalue weighted by Gasteiger charge is -2.50. The van der Waals surface area contributed by atoms with Crippen molar-refractivity contribution in [2.45, 2.75) is 52.9 Å². The summed E-state index contributed by atoms with van der Waals surface area (Å²) in [5.41, 5.74) is 9.66. The Kier molecular flexibility index (Phi) is 3.41. The molecule has 0 saturated heterocycles. The zero-order chi connectivity index (χ0) is 17.1. The van der Waals surface area contributed by atoms with Crippen LogP contribution in [0.25, 0.3) is 10.9 Å². The first-order chi connectivity index (χ1) is 12.1. The van der Waals surface area contributed by atoms with E-state index in [9.17, 15) is 0 Å². The Balaban J connectivity index is 1.46. The number of aryl methyl sites for hydroxylation is 3. The van der Waals surface area contributed by atoms with E-state index in [0.29, 0.717) is 0 Å². The van der Waals surface area contributed by atoms with Gasteiger partial charge in [-0.25, -0.2) is 4.98 Å². The van der Waals surface area contributed by atoms with E-state index in [1.165, 1.54) is 59.9 Å². The molecule has 3 heteroatoms. The summed E-state index contributed by atoms with van der Waals surface area (Å²) < 4.78 is 0. The van der Waals surface area contributed by atoms with Crippen LogP contribution in [0, 0.1) is 44.4 Å². The molecule has 0 aliphatic heterocycles. The molecule has 0 radical (unpaired) electrons. The maximum absolute atomic E-state index is 4.89. The topological polar surface area (TPSA) is 37.3 Å². The van der Waals surface area contributed by atoms with Crippen LogP contribution in [0.15, 0.2) is 23.3 Å². The van der Waals surface area contributed by atoms with Gasteiger partial charge in [-0.05, 0) is 99.8 Å². The van der Waals surface area contributed by atoms with E-state index in [4.69, 9.17) is 10.1 Å².